The zero-order valence-electron chi connectivity index (χ0n) is 6.81. The highest BCUT2D eigenvalue weighted by atomic mass is 32.1. The highest BCUT2D eigenvalue weighted by Gasteiger charge is 2.02. The Morgan fingerprint density at radius 1 is 1.58 bits per heavy atom. The number of nitrogens with one attached hydrogen (secondary N) is 1. The SMILES string of the molecule is Cc1ccsc1CNCC(F)F. The van der Waals surface area contributed by atoms with Crippen LogP contribution in [0.3, 0.4) is 0 Å². The Balaban J connectivity index is 2.29. The molecule has 0 unspecified atom stereocenters. The van der Waals surface area contributed by atoms with Gasteiger partial charge in [0.05, 0.1) is 6.54 Å². The Bertz CT molecular complexity index is 235. The van der Waals surface area contributed by atoms with Crippen molar-refractivity contribution >= 4 is 11.3 Å². The molecule has 1 N–H and O–H groups in total. The van der Waals surface area contributed by atoms with Crippen LogP contribution in [-0.2, 0) is 6.54 Å². The number of thiophene rings is 1. The number of rotatable bonds is 4. The average molecular weight is 191 g/mol. The summed E-state index contributed by atoms with van der Waals surface area (Å²) in [6, 6.07) is 1.99. The molecular weight excluding hydrogens is 180 g/mol. The molecule has 0 radical (unpaired) electrons. The van der Waals surface area contributed by atoms with E-state index in [9.17, 15) is 8.78 Å². The zero-order valence-corrected chi connectivity index (χ0v) is 7.63. The second-order valence-electron chi connectivity index (χ2n) is 2.55. The molecule has 0 atom stereocenters. The fourth-order valence-corrected chi connectivity index (χ4v) is 1.76. The molecule has 68 valence electrons. The second kappa shape index (κ2) is 4.52. The van der Waals surface area contributed by atoms with Gasteiger partial charge in [-0.15, -0.1) is 11.3 Å². The highest BCUT2D eigenvalue weighted by Crippen LogP contribution is 2.14. The quantitative estimate of drug-likeness (QED) is 0.770. The third-order valence-electron chi connectivity index (χ3n) is 1.55. The maximum absolute atomic E-state index is 11.7. The van der Waals surface area contributed by atoms with E-state index in [-0.39, 0.29) is 6.54 Å². The highest BCUT2D eigenvalue weighted by molar-refractivity contribution is 7.10. The standard InChI is InChI=1S/C8H11F2NS/c1-6-2-3-12-7(6)4-11-5-8(9)10/h2-3,8,11H,4-5H2,1H3. The fraction of sp³-hybridized carbons (Fsp3) is 0.500. The minimum atomic E-state index is -2.26. The van der Waals surface area contributed by atoms with Crippen molar-refractivity contribution in [2.45, 2.75) is 19.9 Å². The average Bonchev–Trinajstić information content (AvgIpc) is 2.36. The summed E-state index contributed by atoms with van der Waals surface area (Å²) in [6.07, 6.45) is -2.26. The molecular formula is C8H11F2NS. The second-order valence-corrected chi connectivity index (χ2v) is 3.55. The van der Waals surface area contributed by atoms with Gasteiger partial charge in [0, 0.05) is 11.4 Å². The van der Waals surface area contributed by atoms with E-state index in [1.165, 1.54) is 5.56 Å². The molecule has 0 saturated carbocycles. The lowest BCUT2D eigenvalue weighted by Gasteiger charge is -2.02. The van der Waals surface area contributed by atoms with Crippen LogP contribution in [0.2, 0.25) is 0 Å². The van der Waals surface area contributed by atoms with Gasteiger partial charge >= 0.3 is 0 Å². The summed E-state index contributed by atoms with van der Waals surface area (Å²) in [7, 11) is 0. The van der Waals surface area contributed by atoms with Gasteiger partial charge in [-0.05, 0) is 23.9 Å². The lowest BCUT2D eigenvalue weighted by Crippen LogP contribution is -2.20. The molecule has 12 heavy (non-hydrogen) atoms. The first-order chi connectivity index (χ1) is 5.70. The Morgan fingerprint density at radius 2 is 2.33 bits per heavy atom. The lowest BCUT2D eigenvalue weighted by molar-refractivity contribution is 0.145. The molecule has 0 saturated heterocycles. The van der Waals surface area contributed by atoms with Gasteiger partial charge in [0.2, 0.25) is 0 Å². The Labute approximate surface area is 74.4 Å². The minimum absolute atomic E-state index is 0.225. The van der Waals surface area contributed by atoms with Crippen LogP contribution in [0.15, 0.2) is 11.4 Å². The summed E-state index contributed by atoms with van der Waals surface area (Å²) in [5.41, 5.74) is 1.17. The number of aryl methyl sites for hydroxylation is 1. The van der Waals surface area contributed by atoms with E-state index in [0.717, 1.165) is 4.88 Å². The van der Waals surface area contributed by atoms with Gasteiger partial charge in [-0.1, -0.05) is 0 Å². The van der Waals surface area contributed by atoms with Gasteiger partial charge in [-0.2, -0.15) is 0 Å². The predicted octanol–water partition coefficient (Wildman–Crippen LogP) is 2.41. The van der Waals surface area contributed by atoms with E-state index in [2.05, 4.69) is 5.32 Å². The van der Waals surface area contributed by atoms with Gasteiger partial charge < -0.3 is 5.32 Å². The molecule has 1 aromatic rings. The smallest absolute Gasteiger partial charge is 0.250 e. The number of halogens is 2. The largest absolute Gasteiger partial charge is 0.306 e. The molecule has 1 nitrogen and oxygen atoms in total. The van der Waals surface area contributed by atoms with Gasteiger partial charge in [0.1, 0.15) is 0 Å². The van der Waals surface area contributed by atoms with Crippen LogP contribution in [0.1, 0.15) is 10.4 Å². The monoisotopic (exact) mass is 191 g/mol. The first-order valence-electron chi connectivity index (χ1n) is 3.72. The van der Waals surface area contributed by atoms with Crippen LogP contribution in [-0.4, -0.2) is 13.0 Å². The zero-order chi connectivity index (χ0) is 8.97. The molecule has 1 heterocycles. The summed E-state index contributed by atoms with van der Waals surface area (Å²) in [5, 5.41) is 4.66. The van der Waals surface area contributed by atoms with E-state index in [4.69, 9.17) is 0 Å². The van der Waals surface area contributed by atoms with Crippen LogP contribution in [0.4, 0.5) is 8.78 Å². The van der Waals surface area contributed by atoms with Crippen molar-refractivity contribution in [2.24, 2.45) is 0 Å². The van der Waals surface area contributed by atoms with Crippen LogP contribution >= 0.6 is 11.3 Å². The predicted molar refractivity (Wildman–Crippen MR) is 46.8 cm³/mol. The molecule has 4 heteroatoms. The summed E-state index contributed by atoms with van der Waals surface area (Å²) in [4.78, 5) is 1.13. The third kappa shape index (κ3) is 2.87. The number of hydrogen-bond acceptors (Lipinski definition) is 2. The van der Waals surface area contributed by atoms with Crippen LogP contribution in [0, 0.1) is 6.92 Å². The molecule has 0 bridgehead atoms. The maximum atomic E-state index is 11.7. The third-order valence-corrected chi connectivity index (χ3v) is 2.58. The number of hydrogen-bond donors (Lipinski definition) is 1. The molecule has 0 aliphatic heterocycles. The van der Waals surface area contributed by atoms with Crippen molar-refractivity contribution in [3.05, 3.63) is 21.9 Å². The van der Waals surface area contributed by atoms with Crippen LogP contribution in [0.25, 0.3) is 0 Å². The molecule has 0 aromatic carbocycles. The molecule has 0 amide bonds. The topological polar surface area (TPSA) is 12.0 Å². The summed E-state index contributed by atoms with van der Waals surface area (Å²) >= 11 is 1.59. The van der Waals surface area contributed by atoms with Crippen molar-refractivity contribution in [2.75, 3.05) is 6.54 Å². The minimum Gasteiger partial charge on any atom is -0.306 e. The van der Waals surface area contributed by atoms with Crippen LogP contribution in [0.5, 0.6) is 0 Å². The number of alkyl halides is 2. The molecule has 0 aliphatic carbocycles. The van der Waals surface area contributed by atoms with Gasteiger partial charge in [0.25, 0.3) is 6.43 Å². The lowest BCUT2D eigenvalue weighted by atomic mass is 10.3. The van der Waals surface area contributed by atoms with Gasteiger partial charge in [0.15, 0.2) is 0 Å². The van der Waals surface area contributed by atoms with Crippen LogP contribution < -0.4 is 5.32 Å². The van der Waals surface area contributed by atoms with E-state index < -0.39 is 6.43 Å². The van der Waals surface area contributed by atoms with Gasteiger partial charge in [-0.25, -0.2) is 8.78 Å². The molecule has 1 aromatic heterocycles. The molecule has 0 aliphatic rings. The van der Waals surface area contributed by atoms with Crippen molar-refractivity contribution in [3.8, 4) is 0 Å². The van der Waals surface area contributed by atoms with E-state index >= 15 is 0 Å². The van der Waals surface area contributed by atoms with E-state index in [1.807, 2.05) is 18.4 Å². The fourth-order valence-electron chi connectivity index (χ4n) is 0.880. The van der Waals surface area contributed by atoms with Crippen molar-refractivity contribution in [3.63, 3.8) is 0 Å². The van der Waals surface area contributed by atoms with E-state index in [0.29, 0.717) is 6.54 Å². The molecule has 0 spiro atoms. The summed E-state index contributed by atoms with van der Waals surface area (Å²) < 4.78 is 23.4. The summed E-state index contributed by atoms with van der Waals surface area (Å²) in [6.45, 7) is 2.31. The van der Waals surface area contributed by atoms with Gasteiger partial charge in [-0.3, -0.25) is 0 Å². The first kappa shape index (κ1) is 9.61. The molecule has 0 fully saturated rings. The van der Waals surface area contributed by atoms with E-state index in [1.54, 1.807) is 11.3 Å². The summed E-state index contributed by atoms with van der Waals surface area (Å²) in [5.74, 6) is 0. The van der Waals surface area contributed by atoms with Crippen molar-refractivity contribution < 1.29 is 8.78 Å². The maximum Gasteiger partial charge on any atom is 0.250 e. The first-order valence-corrected chi connectivity index (χ1v) is 4.60. The normalized spacial score (nSPS) is 11.0. The van der Waals surface area contributed by atoms with Crippen molar-refractivity contribution in [1.29, 1.82) is 0 Å². The Hall–Kier alpha value is -0.480. The van der Waals surface area contributed by atoms with Crippen molar-refractivity contribution in [1.82, 2.24) is 5.32 Å². The Kier molecular flexibility index (Phi) is 3.62. The Morgan fingerprint density at radius 3 is 2.83 bits per heavy atom. The molecule has 1 rings (SSSR count).